The summed E-state index contributed by atoms with van der Waals surface area (Å²) in [5.74, 6) is -3.47. The number of rotatable bonds is 3. The predicted octanol–water partition coefficient (Wildman–Crippen LogP) is 4.59. The van der Waals surface area contributed by atoms with Gasteiger partial charge in [-0.25, -0.2) is 4.79 Å². The molecule has 3 amide bonds. The van der Waals surface area contributed by atoms with E-state index in [1.165, 1.54) is 4.90 Å². The molecule has 2 aromatic heterocycles. The van der Waals surface area contributed by atoms with Crippen LogP contribution in [-0.2, 0) is 23.9 Å². The fraction of sp³-hybridized carbons (Fsp3) is 0.562. The quantitative estimate of drug-likeness (QED) is 0.386. The first-order valence-corrected chi connectivity index (χ1v) is 15.0. The van der Waals surface area contributed by atoms with Crippen molar-refractivity contribution in [3.05, 3.63) is 58.2 Å². The van der Waals surface area contributed by atoms with Crippen LogP contribution in [0.5, 0.6) is 0 Å². The van der Waals surface area contributed by atoms with Gasteiger partial charge < -0.3 is 20.3 Å². The minimum absolute atomic E-state index is 0.0991. The van der Waals surface area contributed by atoms with Gasteiger partial charge in [-0.2, -0.15) is 13.2 Å². The summed E-state index contributed by atoms with van der Waals surface area (Å²) in [7, 11) is 0. The van der Waals surface area contributed by atoms with Crippen LogP contribution in [0.1, 0.15) is 85.3 Å². The molecule has 4 unspecified atom stereocenters. The van der Waals surface area contributed by atoms with Crippen LogP contribution in [0.3, 0.4) is 0 Å². The smallest absolute Gasteiger partial charge is 0.422 e. The molecule has 0 bridgehead atoms. The third kappa shape index (κ3) is 9.48. The molecule has 2 N–H and O–H groups in total. The number of hydrogen-bond acceptors (Lipinski definition) is 7. The molecule has 2 fully saturated rings. The number of aryl methyl sites for hydroxylation is 4. The largest absolute Gasteiger partial charge is 0.449 e. The van der Waals surface area contributed by atoms with Gasteiger partial charge in [0.2, 0.25) is 0 Å². The number of amides is 3. The number of aromatic nitrogens is 2. The molecular formula is C32H42F3N5O5. The van der Waals surface area contributed by atoms with Gasteiger partial charge in [0.1, 0.15) is 0 Å². The highest BCUT2D eigenvalue weighted by molar-refractivity contribution is 6.34. The number of carbonyl (C=O) groups is 4. The molecule has 0 spiro atoms. The van der Waals surface area contributed by atoms with E-state index in [1.54, 1.807) is 17.3 Å². The Labute approximate surface area is 261 Å². The standard InChI is InChI=1S/C17H21F3N2O3.C15H21N3O2/c1-10-4-5-14(13-6-11(2)12(3)21-7-13)22(8-10)15(23)16(24)25-9-17(18,19)20;1-9-4-5-13(18(8-9)15(20)14(16)19)12-6-10(2)11(3)17-7-12/h6-7,10,14H,4-5,8-9H2,1-3H3;6-7,9,13H,4-5,8H2,1-3H3,(H2,16,19). The van der Waals surface area contributed by atoms with Crippen LogP contribution < -0.4 is 5.73 Å². The molecule has 4 rings (SSSR count). The first kappa shape index (κ1) is 35.4. The normalized spacial score (nSPS) is 21.8. The zero-order valence-electron chi connectivity index (χ0n) is 26.6. The van der Waals surface area contributed by atoms with Crippen molar-refractivity contribution >= 4 is 23.7 Å². The number of nitrogens with zero attached hydrogens (tertiary/aromatic N) is 4. The summed E-state index contributed by atoms with van der Waals surface area (Å²) in [4.78, 5) is 58.9. The molecule has 4 heterocycles. The maximum atomic E-state index is 12.4. The Hall–Kier alpha value is -4.03. The van der Waals surface area contributed by atoms with Gasteiger partial charge in [0.15, 0.2) is 6.61 Å². The highest BCUT2D eigenvalue weighted by Gasteiger charge is 2.38. The van der Waals surface area contributed by atoms with Gasteiger partial charge in [0, 0.05) is 36.9 Å². The number of ether oxygens (including phenoxy) is 1. The molecule has 2 aliphatic rings. The molecule has 13 heteroatoms. The summed E-state index contributed by atoms with van der Waals surface area (Å²) in [5, 5.41) is 0. The number of piperidine rings is 2. The highest BCUT2D eigenvalue weighted by Crippen LogP contribution is 2.35. The van der Waals surface area contributed by atoms with E-state index >= 15 is 0 Å². The van der Waals surface area contributed by atoms with Crippen molar-refractivity contribution in [2.45, 2.75) is 85.5 Å². The Morgan fingerprint density at radius 1 is 0.800 bits per heavy atom. The molecule has 0 radical (unpaired) electrons. The van der Waals surface area contributed by atoms with Gasteiger partial charge in [-0.05, 0) is 87.5 Å². The molecule has 0 saturated carbocycles. The Morgan fingerprint density at radius 2 is 1.22 bits per heavy atom. The summed E-state index contributed by atoms with van der Waals surface area (Å²) in [6, 6.07) is 3.45. The Bertz CT molecular complexity index is 1420. The molecule has 2 aliphatic heterocycles. The number of likely N-dealkylation sites (tertiary alicyclic amines) is 2. The average molecular weight is 634 g/mol. The summed E-state index contributed by atoms with van der Waals surface area (Å²) >= 11 is 0. The number of pyridine rings is 2. The second-order valence-corrected chi connectivity index (χ2v) is 12.2. The zero-order chi connectivity index (χ0) is 33.6. The van der Waals surface area contributed by atoms with Crippen molar-refractivity contribution in [1.82, 2.24) is 19.8 Å². The minimum atomic E-state index is -4.66. The lowest BCUT2D eigenvalue weighted by atomic mass is 9.90. The van der Waals surface area contributed by atoms with E-state index in [9.17, 15) is 32.3 Å². The lowest BCUT2D eigenvalue weighted by Crippen LogP contribution is -2.46. The zero-order valence-corrected chi connectivity index (χ0v) is 26.6. The van der Waals surface area contributed by atoms with Gasteiger partial charge in [-0.3, -0.25) is 24.4 Å². The monoisotopic (exact) mass is 633 g/mol. The van der Waals surface area contributed by atoms with E-state index in [2.05, 4.69) is 21.6 Å². The molecule has 2 saturated heterocycles. The first-order valence-electron chi connectivity index (χ1n) is 15.0. The lowest BCUT2D eigenvalue weighted by molar-refractivity contribution is -0.190. The minimum Gasteiger partial charge on any atom is -0.449 e. The third-order valence-corrected chi connectivity index (χ3v) is 8.40. The van der Waals surface area contributed by atoms with Crippen molar-refractivity contribution < 1.29 is 37.1 Å². The van der Waals surface area contributed by atoms with E-state index < -0.39 is 42.5 Å². The van der Waals surface area contributed by atoms with Crippen LogP contribution in [0.25, 0.3) is 0 Å². The van der Waals surface area contributed by atoms with E-state index in [0.717, 1.165) is 52.9 Å². The van der Waals surface area contributed by atoms with Gasteiger partial charge in [0.05, 0.1) is 12.1 Å². The fourth-order valence-electron chi connectivity index (χ4n) is 5.61. The van der Waals surface area contributed by atoms with E-state index in [-0.39, 0.29) is 18.5 Å². The summed E-state index contributed by atoms with van der Waals surface area (Å²) < 4.78 is 40.7. The highest BCUT2D eigenvalue weighted by atomic mass is 19.4. The Morgan fingerprint density at radius 3 is 1.60 bits per heavy atom. The fourth-order valence-corrected chi connectivity index (χ4v) is 5.61. The number of esters is 1. The average Bonchev–Trinajstić information content (AvgIpc) is 2.98. The van der Waals surface area contributed by atoms with Crippen LogP contribution in [0.15, 0.2) is 24.5 Å². The number of nitrogens with two attached hydrogens (primary N) is 1. The van der Waals surface area contributed by atoms with Crippen LogP contribution in [0, 0.1) is 39.5 Å². The number of hydrogen-bond donors (Lipinski definition) is 1. The van der Waals surface area contributed by atoms with E-state index in [1.807, 2.05) is 46.8 Å². The first-order chi connectivity index (χ1) is 21.0. The SMILES string of the molecule is Cc1cc(C2CCC(C)CN2C(=O)C(=O)OCC(F)(F)F)cnc1C.Cc1cc(C2CCC(C)CN2C(=O)C(N)=O)cnc1C. The second-order valence-electron chi connectivity index (χ2n) is 12.2. The number of carbonyl (C=O) groups excluding carboxylic acids is 4. The molecule has 10 nitrogen and oxygen atoms in total. The maximum Gasteiger partial charge on any atom is 0.422 e. The van der Waals surface area contributed by atoms with Crippen LogP contribution in [0.4, 0.5) is 13.2 Å². The van der Waals surface area contributed by atoms with Crippen molar-refractivity contribution in [1.29, 1.82) is 0 Å². The predicted molar refractivity (Wildman–Crippen MR) is 159 cm³/mol. The van der Waals surface area contributed by atoms with Crippen LogP contribution in [0.2, 0.25) is 0 Å². The molecule has 45 heavy (non-hydrogen) atoms. The van der Waals surface area contributed by atoms with Crippen molar-refractivity contribution in [3.63, 3.8) is 0 Å². The number of halogens is 3. The van der Waals surface area contributed by atoms with Gasteiger partial charge in [0.25, 0.3) is 0 Å². The number of alkyl halides is 3. The van der Waals surface area contributed by atoms with Gasteiger partial charge in [-0.1, -0.05) is 26.0 Å². The maximum absolute atomic E-state index is 12.4. The molecule has 2 aromatic rings. The third-order valence-electron chi connectivity index (χ3n) is 8.40. The molecule has 0 aromatic carbocycles. The molecular weight excluding hydrogens is 591 g/mol. The van der Waals surface area contributed by atoms with Gasteiger partial charge in [-0.15, -0.1) is 0 Å². The summed E-state index contributed by atoms with van der Waals surface area (Å²) in [6.45, 7) is 10.8. The molecule has 4 atom stereocenters. The second kappa shape index (κ2) is 14.8. The van der Waals surface area contributed by atoms with Crippen molar-refractivity contribution in [3.8, 4) is 0 Å². The Kier molecular flexibility index (Phi) is 11.7. The molecule has 0 aliphatic carbocycles. The van der Waals surface area contributed by atoms with Crippen LogP contribution in [-0.4, -0.2) is 69.3 Å². The Balaban J connectivity index is 0.000000251. The van der Waals surface area contributed by atoms with E-state index in [0.29, 0.717) is 18.9 Å². The summed E-state index contributed by atoms with van der Waals surface area (Å²) in [6.07, 6.45) is 2.10. The van der Waals surface area contributed by atoms with Crippen molar-refractivity contribution in [2.75, 3.05) is 19.7 Å². The van der Waals surface area contributed by atoms with Gasteiger partial charge >= 0.3 is 29.9 Å². The molecule has 246 valence electrons. The summed E-state index contributed by atoms with van der Waals surface area (Å²) in [5.41, 5.74) is 10.8. The van der Waals surface area contributed by atoms with E-state index in [4.69, 9.17) is 5.73 Å². The lowest BCUT2D eigenvalue weighted by Gasteiger charge is -2.38. The topological polar surface area (TPSA) is 136 Å². The van der Waals surface area contributed by atoms with Crippen LogP contribution >= 0.6 is 0 Å². The number of primary amides is 1. The van der Waals surface area contributed by atoms with Crippen molar-refractivity contribution in [2.24, 2.45) is 17.6 Å².